The smallest absolute Gasteiger partial charge is 0.278 e. The maximum atomic E-state index is 16.1. The third-order valence-corrected chi connectivity index (χ3v) is 9.99. The summed E-state index contributed by atoms with van der Waals surface area (Å²) in [6, 6.07) is 12.5. The number of aryl methyl sites for hydroxylation is 1. The predicted molar refractivity (Wildman–Crippen MR) is 128 cm³/mol. The van der Waals surface area contributed by atoms with E-state index in [0.717, 1.165) is 27.3 Å². The molecule has 1 amide bonds. The van der Waals surface area contributed by atoms with E-state index in [4.69, 9.17) is 11.6 Å². The lowest BCUT2D eigenvalue weighted by atomic mass is 10.1. The fourth-order valence-electron chi connectivity index (χ4n) is 3.56. The highest BCUT2D eigenvalue weighted by molar-refractivity contribution is 9.10. The van der Waals surface area contributed by atoms with Gasteiger partial charge in [-0.1, -0.05) is 35.9 Å². The van der Waals surface area contributed by atoms with E-state index in [1.54, 1.807) is 12.1 Å². The van der Waals surface area contributed by atoms with Crippen molar-refractivity contribution in [3.8, 4) is 0 Å². The maximum absolute atomic E-state index is 16.1. The van der Waals surface area contributed by atoms with E-state index in [0.29, 0.717) is 15.9 Å². The predicted octanol–water partition coefficient (Wildman–Crippen LogP) is 5.15. The number of carbonyl (C=O) groups excluding carboxylic acids is 1. The molecule has 1 saturated heterocycles. The average Bonchev–Trinajstić information content (AvgIpc) is 3.22. The summed E-state index contributed by atoms with van der Waals surface area (Å²) in [7, 11) is -4.15. The molecule has 0 saturated carbocycles. The molecular formula is C22H19BrClFN2O3S2. The number of amides is 1. The minimum absolute atomic E-state index is 0.0953. The maximum Gasteiger partial charge on any atom is 0.278 e. The number of thiazole rings is 1. The molecule has 0 aliphatic carbocycles. The van der Waals surface area contributed by atoms with Crippen LogP contribution in [-0.2, 0) is 21.3 Å². The Balaban J connectivity index is 1.61. The van der Waals surface area contributed by atoms with Gasteiger partial charge in [0.05, 0.1) is 17.3 Å². The fourth-order valence-corrected chi connectivity index (χ4v) is 6.85. The number of hydrogen-bond donors (Lipinski definition) is 0. The average molecular weight is 558 g/mol. The molecule has 1 aliphatic rings. The van der Waals surface area contributed by atoms with Crippen LogP contribution in [0.3, 0.4) is 0 Å². The molecule has 0 radical (unpaired) electrons. The third-order valence-electron chi connectivity index (χ3n) is 5.47. The van der Waals surface area contributed by atoms with E-state index >= 15 is 4.39 Å². The summed E-state index contributed by atoms with van der Waals surface area (Å²) in [6.45, 7) is 1.28. The number of aromatic nitrogens is 1. The minimum Gasteiger partial charge on any atom is -0.333 e. The molecule has 1 aliphatic heterocycles. The molecule has 2 aromatic carbocycles. The van der Waals surface area contributed by atoms with E-state index in [1.165, 1.54) is 17.2 Å². The van der Waals surface area contributed by atoms with E-state index in [1.807, 2.05) is 31.2 Å². The molecule has 3 aromatic rings. The largest absolute Gasteiger partial charge is 0.333 e. The minimum atomic E-state index is -4.15. The van der Waals surface area contributed by atoms with E-state index in [9.17, 15) is 13.2 Å². The SMILES string of the molecule is Cc1ccccc1Cc1cnc(C2(F)CN(C(=O)c3ccc(Br)c(Cl)c3)CCS2(=O)=O)s1. The van der Waals surface area contributed by atoms with Crippen molar-refractivity contribution in [2.75, 3.05) is 18.8 Å². The molecule has 168 valence electrons. The monoisotopic (exact) mass is 556 g/mol. The standard InChI is InChI=1S/C22H19BrClFN2O3S2/c1-14-4-2-3-5-15(14)10-17-12-26-21(31-17)22(25)13-27(8-9-32(22,29)30)20(28)16-6-7-18(23)19(24)11-16/h2-7,11-12H,8-10,13H2,1H3. The summed E-state index contributed by atoms with van der Waals surface area (Å²) < 4.78 is 42.3. The van der Waals surface area contributed by atoms with Crippen LogP contribution < -0.4 is 0 Å². The van der Waals surface area contributed by atoms with Crippen molar-refractivity contribution < 1.29 is 17.6 Å². The molecule has 1 unspecified atom stereocenters. The van der Waals surface area contributed by atoms with Crippen LogP contribution in [0.1, 0.15) is 31.4 Å². The van der Waals surface area contributed by atoms with Gasteiger partial charge in [-0.25, -0.2) is 17.8 Å². The molecule has 1 aromatic heterocycles. The summed E-state index contributed by atoms with van der Waals surface area (Å²) in [5.41, 5.74) is 2.41. The van der Waals surface area contributed by atoms with Crippen LogP contribution in [0.25, 0.3) is 0 Å². The third kappa shape index (κ3) is 4.35. The Kier molecular flexibility index (Phi) is 6.46. The number of rotatable bonds is 4. The van der Waals surface area contributed by atoms with Gasteiger partial charge in [0, 0.05) is 34.1 Å². The zero-order valence-corrected chi connectivity index (χ0v) is 21.0. The van der Waals surface area contributed by atoms with E-state index in [2.05, 4.69) is 20.9 Å². The van der Waals surface area contributed by atoms with Crippen LogP contribution in [0.4, 0.5) is 4.39 Å². The Bertz CT molecular complexity index is 1300. The zero-order chi connectivity index (χ0) is 23.1. The van der Waals surface area contributed by atoms with Crippen molar-refractivity contribution in [3.05, 3.63) is 84.7 Å². The van der Waals surface area contributed by atoms with Gasteiger partial charge in [-0.2, -0.15) is 0 Å². The van der Waals surface area contributed by atoms with Crippen LogP contribution in [0.15, 0.2) is 53.1 Å². The molecule has 0 bridgehead atoms. The molecule has 2 heterocycles. The number of benzene rings is 2. The lowest BCUT2D eigenvalue weighted by Crippen LogP contribution is -2.53. The molecule has 0 N–H and O–H groups in total. The van der Waals surface area contributed by atoms with Crippen molar-refractivity contribution >= 4 is 54.6 Å². The second kappa shape index (κ2) is 8.85. The number of alkyl halides is 1. The van der Waals surface area contributed by atoms with Crippen LogP contribution in [0.2, 0.25) is 5.02 Å². The number of halogens is 3. The first-order valence-electron chi connectivity index (χ1n) is 9.76. The van der Waals surface area contributed by atoms with Gasteiger partial charge in [0.1, 0.15) is 5.01 Å². The zero-order valence-electron chi connectivity index (χ0n) is 17.0. The summed E-state index contributed by atoms with van der Waals surface area (Å²) in [5.74, 6) is -0.959. The highest BCUT2D eigenvalue weighted by Gasteiger charge is 2.53. The summed E-state index contributed by atoms with van der Waals surface area (Å²) >= 11 is 10.4. The molecule has 0 spiro atoms. The quantitative estimate of drug-likeness (QED) is 0.445. The van der Waals surface area contributed by atoms with Gasteiger partial charge in [0.25, 0.3) is 10.9 Å². The van der Waals surface area contributed by atoms with Gasteiger partial charge in [-0.3, -0.25) is 4.79 Å². The van der Waals surface area contributed by atoms with Gasteiger partial charge in [-0.15, -0.1) is 11.3 Å². The first-order chi connectivity index (χ1) is 15.1. The number of sulfone groups is 1. The van der Waals surface area contributed by atoms with Crippen molar-refractivity contribution in [2.45, 2.75) is 18.3 Å². The van der Waals surface area contributed by atoms with Crippen LogP contribution in [-0.4, -0.2) is 43.1 Å². The van der Waals surface area contributed by atoms with Crippen LogP contribution in [0.5, 0.6) is 0 Å². The van der Waals surface area contributed by atoms with Gasteiger partial charge in [0.2, 0.25) is 0 Å². The van der Waals surface area contributed by atoms with Crippen molar-refractivity contribution in [2.24, 2.45) is 0 Å². The number of carbonyl (C=O) groups is 1. The van der Waals surface area contributed by atoms with E-state index < -0.39 is 33.0 Å². The molecular weight excluding hydrogens is 539 g/mol. The van der Waals surface area contributed by atoms with E-state index in [-0.39, 0.29) is 17.1 Å². The Morgan fingerprint density at radius 3 is 2.78 bits per heavy atom. The van der Waals surface area contributed by atoms with Gasteiger partial charge < -0.3 is 4.90 Å². The molecule has 1 fully saturated rings. The van der Waals surface area contributed by atoms with Crippen molar-refractivity contribution in [3.63, 3.8) is 0 Å². The number of nitrogens with zero attached hydrogens (tertiary/aromatic N) is 2. The number of hydrogen-bond acceptors (Lipinski definition) is 5. The Labute approximate surface area is 203 Å². The van der Waals surface area contributed by atoms with Crippen LogP contribution in [0, 0.1) is 6.92 Å². The van der Waals surface area contributed by atoms with Crippen LogP contribution >= 0.6 is 38.9 Å². The molecule has 4 rings (SSSR count). The van der Waals surface area contributed by atoms with Crippen molar-refractivity contribution in [1.82, 2.24) is 9.88 Å². The Hall–Kier alpha value is -1.81. The van der Waals surface area contributed by atoms with Gasteiger partial charge in [0.15, 0.2) is 9.84 Å². The second-order valence-corrected chi connectivity index (χ2v) is 12.3. The summed E-state index contributed by atoms with van der Waals surface area (Å²) in [4.78, 5) is 19.0. The molecule has 32 heavy (non-hydrogen) atoms. The lowest BCUT2D eigenvalue weighted by molar-refractivity contribution is 0.0666. The first kappa shape index (κ1) is 23.4. The van der Waals surface area contributed by atoms with Gasteiger partial charge >= 0.3 is 0 Å². The first-order valence-corrected chi connectivity index (χ1v) is 13.4. The highest BCUT2D eigenvalue weighted by atomic mass is 79.9. The topological polar surface area (TPSA) is 67.3 Å². The van der Waals surface area contributed by atoms with Crippen molar-refractivity contribution in [1.29, 1.82) is 0 Å². The summed E-state index contributed by atoms with van der Waals surface area (Å²) in [5, 5.41) is -2.56. The lowest BCUT2D eigenvalue weighted by Gasteiger charge is -2.35. The van der Waals surface area contributed by atoms with Gasteiger partial charge in [-0.05, 0) is 52.2 Å². The molecule has 5 nitrogen and oxygen atoms in total. The molecule has 10 heteroatoms. The summed E-state index contributed by atoms with van der Waals surface area (Å²) in [6.07, 6.45) is 2.04. The normalized spacial score (nSPS) is 20.3. The second-order valence-electron chi connectivity index (χ2n) is 7.64. The highest BCUT2D eigenvalue weighted by Crippen LogP contribution is 2.40. The fraction of sp³-hybridized carbons (Fsp3) is 0.273. The molecule has 1 atom stereocenters. The Morgan fingerprint density at radius 2 is 2.06 bits per heavy atom. The Morgan fingerprint density at radius 1 is 1.31 bits per heavy atom.